The van der Waals surface area contributed by atoms with Gasteiger partial charge in [-0.25, -0.2) is 13.1 Å². The summed E-state index contributed by atoms with van der Waals surface area (Å²) in [5, 5.41) is 0.573. The molecule has 3 rings (SSSR count). The summed E-state index contributed by atoms with van der Waals surface area (Å²) >= 11 is 5.94. The lowest BCUT2D eigenvalue weighted by Crippen LogP contribution is -2.29. The number of benzene rings is 1. The molecule has 128 valence electrons. The van der Waals surface area contributed by atoms with Crippen molar-refractivity contribution in [1.29, 1.82) is 0 Å². The molecule has 0 fully saturated rings. The van der Waals surface area contributed by atoms with E-state index in [-0.39, 0.29) is 11.5 Å². The molecule has 2 heterocycles. The molecule has 0 atom stereocenters. The van der Waals surface area contributed by atoms with Crippen molar-refractivity contribution in [2.75, 3.05) is 6.61 Å². The number of hydrogen-bond donors (Lipinski definition) is 1. The Hall–Kier alpha value is -2.64. The fourth-order valence-electron chi connectivity index (χ4n) is 2.18. The minimum Gasteiger partial charge on any atom is -0.488 e. The van der Waals surface area contributed by atoms with Crippen LogP contribution in [0.2, 0.25) is 5.02 Å². The third kappa shape index (κ3) is 4.26. The first-order chi connectivity index (χ1) is 11.9. The summed E-state index contributed by atoms with van der Waals surface area (Å²) in [5.74, 6) is -0.0631. The van der Waals surface area contributed by atoms with Gasteiger partial charge in [-0.1, -0.05) is 17.7 Å². The van der Waals surface area contributed by atoms with Crippen LogP contribution < -0.4 is 9.46 Å². The Morgan fingerprint density at radius 2 is 2.16 bits per heavy atom. The van der Waals surface area contributed by atoms with Gasteiger partial charge in [0.05, 0.1) is 0 Å². The van der Waals surface area contributed by atoms with E-state index in [4.69, 9.17) is 16.3 Å². The maximum atomic E-state index is 12.0. The lowest BCUT2D eigenvalue weighted by atomic mass is 10.1. The number of carbonyl (C=O) groups excluding carboxylic acids is 1. The number of hydrogen-bond acceptors (Lipinski definition) is 5. The van der Waals surface area contributed by atoms with Gasteiger partial charge in [0.25, 0.3) is 15.9 Å². The van der Waals surface area contributed by atoms with Crippen molar-refractivity contribution in [1.82, 2.24) is 9.71 Å². The predicted molar refractivity (Wildman–Crippen MR) is 93.6 cm³/mol. The van der Waals surface area contributed by atoms with Gasteiger partial charge >= 0.3 is 0 Å². The Kier molecular flexibility index (Phi) is 4.87. The number of amides is 1. The fourth-order valence-corrected chi connectivity index (χ4v) is 3.27. The smallest absolute Gasteiger partial charge is 0.265 e. The number of sulfonamides is 1. The van der Waals surface area contributed by atoms with E-state index < -0.39 is 15.9 Å². The first-order valence-electron chi connectivity index (χ1n) is 7.22. The van der Waals surface area contributed by atoms with Gasteiger partial charge < -0.3 is 4.74 Å². The maximum absolute atomic E-state index is 12.0. The minimum absolute atomic E-state index is 0.0828. The first-order valence-corrected chi connectivity index (χ1v) is 9.08. The van der Waals surface area contributed by atoms with E-state index in [1.807, 2.05) is 10.8 Å². The molecule has 0 bridgehead atoms. The molecule has 1 N–H and O–H groups in total. The van der Waals surface area contributed by atoms with Crippen LogP contribution in [0.5, 0.6) is 5.75 Å². The lowest BCUT2D eigenvalue weighted by molar-refractivity contribution is -0.114. The zero-order valence-corrected chi connectivity index (χ0v) is 14.4. The average molecular weight is 377 g/mol. The molecule has 0 spiro atoms. The molecule has 8 heteroatoms. The Labute approximate surface area is 149 Å². The van der Waals surface area contributed by atoms with E-state index >= 15 is 0 Å². The Balaban J connectivity index is 1.71. The first kappa shape index (κ1) is 17.2. The third-order valence-corrected chi connectivity index (χ3v) is 4.90. The summed E-state index contributed by atoms with van der Waals surface area (Å²) in [6.07, 6.45) is 7.07. The number of rotatable bonds is 4. The predicted octanol–water partition coefficient (Wildman–Crippen LogP) is 2.57. The molecule has 0 radical (unpaired) electrons. The zero-order chi connectivity index (χ0) is 17.9. The van der Waals surface area contributed by atoms with Crippen LogP contribution in [0.25, 0.3) is 6.08 Å². The van der Waals surface area contributed by atoms with Crippen molar-refractivity contribution < 1.29 is 17.9 Å². The van der Waals surface area contributed by atoms with E-state index in [0.717, 1.165) is 17.8 Å². The van der Waals surface area contributed by atoms with Gasteiger partial charge in [0.2, 0.25) is 0 Å². The second kappa shape index (κ2) is 7.08. The van der Waals surface area contributed by atoms with Crippen molar-refractivity contribution >= 4 is 33.6 Å². The van der Waals surface area contributed by atoms with Crippen molar-refractivity contribution in [3.8, 4) is 5.75 Å². The second-order valence-electron chi connectivity index (χ2n) is 5.18. The van der Waals surface area contributed by atoms with Gasteiger partial charge in [-0.2, -0.15) is 0 Å². The number of ether oxygens (including phenoxy) is 1. The summed E-state index contributed by atoms with van der Waals surface area (Å²) in [6.45, 7) is 0.272. The molecule has 1 aromatic carbocycles. The van der Waals surface area contributed by atoms with Gasteiger partial charge in [0.15, 0.2) is 0 Å². The fraction of sp³-hybridized carbons (Fsp3) is 0.0588. The van der Waals surface area contributed by atoms with Gasteiger partial charge in [0, 0.05) is 29.1 Å². The highest BCUT2D eigenvalue weighted by Crippen LogP contribution is 2.29. The van der Waals surface area contributed by atoms with Crippen LogP contribution in [-0.4, -0.2) is 25.9 Å². The van der Waals surface area contributed by atoms with Crippen LogP contribution >= 0.6 is 11.6 Å². The van der Waals surface area contributed by atoms with Gasteiger partial charge in [-0.05, 0) is 42.0 Å². The highest BCUT2D eigenvalue weighted by Gasteiger charge is 2.16. The largest absolute Gasteiger partial charge is 0.488 e. The minimum atomic E-state index is -3.95. The normalized spacial score (nSPS) is 13.7. The van der Waals surface area contributed by atoms with Crippen LogP contribution in [0.1, 0.15) is 5.56 Å². The van der Waals surface area contributed by atoms with E-state index in [0.29, 0.717) is 16.3 Å². The highest BCUT2D eigenvalue weighted by atomic mass is 35.5. The summed E-state index contributed by atoms with van der Waals surface area (Å²) in [7, 11) is -3.95. The van der Waals surface area contributed by atoms with Gasteiger partial charge in [-0.3, -0.25) is 9.78 Å². The van der Waals surface area contributed by atoms with Gasteiger partial charge in [0.1, 0.15) is 17.3 Å². The average Bonchev–Trinajstić information content (AvgIpc) is 2.60. The highest BCUT2D eigenvalue weighted by molar-refractivity contribution is 7.90. The zero-order valence-electron chi connectivity index (χ0n) is 12.8. The molecule has 0 aliphatic carbocycles. The Morgan fingerprint density at radius 1 is 1.32 bits per heavy atom. The van der Waals surface area contributed by atoms with E-state index in [1.54, 1.807) is 18.2 Å². The molecular weight excluding hydrogens is 364 g/mol. The van der Waals surface area contributed by atoms with E-state index in [9.17, 15) is 13.2 Å². The molecule has 0 saturated carbocycles. The number of nitrogens with one attached hydrogen (secondary N) is 1. The van der Waals surface area contributed by atoms with Crippen molar-refractivity contribution in [3.63, 3.8) is 0 Å². The van der Waals surface area contributed by atoms with Crippen LogP contribution in [0.15, 0.2) is 65.3 Å². The number of carbonyl (C=O) groups is 1. The summed E-state index contributed by atoms with van der Waals surface area (Å²) in [5.41, 5.74) is 1.51. The molecule has 1 aliphatic heterocycles. The van der Waals surface area contributed by atoms with Gasteiger partial charge in [-0.15, -0.1) is 0 Å². The summed E-state index contributed by atoms with van der Waals surface area (Å²) in [4.78, 5) is 15.5. The number of pyridine rings is 1. The van der Waals surface area contributed by atoms with Crippen LogP contribution in [0.3, 0.4) is 0 Å². The van der Waals surface area contributed by atoms with E-state index in [1.165, 1.54) is 24.4 Å². The molecule has 1 aliphatic rings. The van der Waals surface area contributed by atoms with Crippen molar-refractivity contribution in [3.05, 3.63) is 71.0 Å². The molecule has 1 aromatic heterocycles. The topological polar surface area (TPSA) is 85.4 Å². The Bertz CT molecular complexity index is 969. The number of aromatic nitrogens is 1. The molecule has 25 heavy (non-hydrogen) atoms. The molecule has 1 amide bonds. The van der Waals surface area contributed by atoms with Crippen molar-refractivity contribution in [2.24, 2.45) is 0 Å². The maximum Gasteiger partial charge on any atom is 0.265 e. The summed E-state index contributed by atoms with van der Waals surface area (Å²) < 4.78 is 31.6. The van der Waals surface area contributed by atoms with Crippen LogP contribution in [0.4, 0.5) is 0 Å². The SMILES string of the molecule is O=C(/C=C\C1=Cc2cc(Cl)ccc2OC1)NS(=O)(=O)c1cccnc1. The third-order valence-electron chi connectivity index (χ3n) is 3.34. The number of nitrogens with zero attached hydrogens (tertiary/aromatic N) is 1. The Morgan fingerprint density at radius 3 is 2.92 bits per heavy atom. The monoisotopic (exact) mass is 376 g/mol. The molecule has 2 aromatic rings. The second-order valence-corrected chi connectivity index (χ2v) is 7.30. The lowest BCUT2D eigenvalue weighted by Gasteiger charge is -2.16. The number of halogens is 1. The van der Waals surface area contributed by atoms with Crippen LogP contribution in [0, 0.1) is 0 Å². The van der Waals surface area contributed by atoms with E-state index in [2.05, 4.69) is 4.98 Å². The molecular formula is C17H13ClN2O4S. The molecule has 6 nitrogen and oxygen atoms in total. The molecule has 0 unspecified atom stereocenters. The summed E-state index contributed by atoms with van der Waals surface area (Å²) in [6, 6.07) is 8.07. The molecule has 0 saturated heterocycles. The van der Waals surface area contributed by atoms with Crippen LogP contribution in [-0.2, 0) is 14.8 Å². The standard InChI is InChI=1S/C17H13ClN2O4S/c18-14-4-5-16-13(9-14)8-12(11-24-16)3-6-17(21)20-25(22,23)15-2-1-7-19-10-15/h1-10H,11H2,(H,20,21)/b6-3-. The van der Waals surface area contributed by atoms with Crippen molar-refractivity contribution in [2.45, 2.75) is 4.90 Å². The number of fused-ring (bicyclic) bond motifs is 1. The quantitative estimate of drug-likeness (QED) is 0.829.